The van der Waals surface area contributed by atoms with E-state index in [0.29, 0.717) is 11.8 Å². The summed E-state index contributed by atoms with van der Waals surface area (Å²) >= 11 is 0. The first-order valence-corrected chi connectivity index (χ1v) is 6.07. The average molecular weight is 260 g/mol. The summed E-state index contributed by atoms with van der Waals surface area (Å²) in [4.78, 5) is 8.36. The van der Waals surface area contributed by atoms with Crippen molar-refractivity contribution in [3.05, 3.63) is 23.5 Å². The second-order valence-corrected chi connectivity index (χ2v) is 4.95. The zero-order valence-electron chi connectivity index (χ0n) is 11.1. The van der Waals surface area contributed by atoms with E-state index in [1.807, 2.05) is 0 Å². The van der Waals surface area contributed by atoms with Crippen molar-refractivity contribution in [1.82, 2.24) is 25.5 Å². The Balaban J connectivity index is 1.89. The molecule has 3 heterocycles. The SMILES string of the molecule is COc1ccnc(Nc2n[nH]c3c2CNC3(C)C)n1. The first-order valence-electron chi connectivity index (χ1n) is 6.07. The van der Waals surface area contributed by atoms with Crippen LogP contribution in [0.5, 0.6) is 5.88 Å². The largest absolute Gasteiger partial charge is 0.481 e. The van der Waals surface area contributed by atoms with Gasteiger partial charge < -0.3 is 15.4 Å². The van der Waals surface area contributed by atoms with E-state index in [4.69, 9.17) is 4.74 Å². The number of rotatable bonds is 3. The maximum atomic E-state index is 5.07. The molecule has 0 amide bonds. The lowest BCUT2D eigenvalue weighted by atomic mass is 10.0. The molecule has 100 valence electrons. The van der Waals surface area contributed by atoms with Gasteiger partial charge in [-0.15, -0.1) is 0 Å². The summed E-state index contributed by atoms with van der Waals surface area (Å²) in [7, 11) is 1.57. The number of methoxy groups -OCH3 is 1. The molecule has 0 spiro atoms. The zero-order chi connectivity index (χ0) is 13.5. The molecule has 0 saturated carbocycles. The Kier molecular flexibility index (Phi) is 2.63. The van der Waals surface area contributed by atoms with Crippen molar-refractivity contribution in [2.24, 2.45) is 0 Å². The minimum absolute atomic E-state index is 0.0858. The average Bonchev–Trinajstić information content (AvgIpc) is 2.93. The predicted octanol–water partition coefficient (Wildman–Crippen LogP) is 1.29. The van der Waals surface area contributed by atoms with Gasteiger partial charge in [-0.2, -0.15) is 10.1 Å². The minimum Gasteiger partial charge on any atom is -0.481 e. The molecule has 2 aromatic heterocycles. The van der Waals surface area contributed by atoms with Gasteiger partial charge in [0, 0.05) is 24.4 Å². The van der Waals surface area contributed by atoms with Crippen LogP contribution < -0.4 is 15.4 Å². The van der Waals surface area contributed by atoms with Crippen LogP contribution in [-0.4, -0.2) is 27.3 Å². The minimum atomic E-state index is -0.0858. The third-order valence-corrected chi connectivity index (χ3v) is 3.27. The molecule has 0 aliphatic carbocycles. The third-order valence-electron chi connectivity index (χ3n) is 3.27. The van der Waals surface area contributed by atoms with E-state index in [9.17, 15) is 0 Å². The number of aromatic amines is 1. The predicted molar refractivity (Wildman–Crippen MR) is 70.3 cm³/mol. The number of ether oxygens (including phenoxy) is 1. The summed E-state index contributed by atoms with van der Waals surface area (Å²) in [6.07, 6.45) is 1.64. The van der Waals surface area contributed by atoms with Crippen LogP contribution in [0, 0.1) is 0 Å². The van der Waals surface area contributed by atoms with Crippen molar-refractivity contribution < 1.29 is 4.74 Å². The lowest BCUT2D eigenvalue weighted by molar-refractivity contribution is 0.397. The van der Waals surface area contributed by atoms with E-state index in [2.05, 4.69) is 44.6 Å². The quantitative estimate of drug-likeness (QED) is 0.770. The maximum absolute atomic E-state index is 5.07. The fourth-order valence-electron chi connectivity index (χ4n) is 2.18. The maximum Gasteiger partial charge on any atom is 0.231 e. The topological polar surface area (TPSA) is 87.8 Å². The third kappa shape index (κ3) is 2.01. The number of hydrogen-bond donors (Lipinski definition) is 3. The number of H-pyrrole nitrogens is 1. The Morgan fingerprint density at radius 1 is 1.42 bits per heavy atom. The summed E-state index contributed by atoms with van der Waals surface area (Å²) in [5, 5.41) is 13.9. The summed E-state index contributed by atoms with van der Waals surface area (Å²) in [5.41, 5.74) is 2.13. The van der Waals surface area contributed by atoms with E-state index in [1.165, 1.54) is 0 Å². The van der Waals surface area contributed by atoms with Crippen molar-refractivity contribution in [1.29, 1.82) is 0 Å². The summed E-state index contributed by atoms with van der Waals surface area (Å²) in [5.74, 6) is 1.74. The van der Waals surface area contributed by atoms with Crippen molar-refractivity contribution >= 4 is 11.8 Å². The smallest absolute Gasteiger partial charge is 0.231 e. The van der Waals surface area contributed by atoms with E-state index in [-0.39, 0.29) is 5.54 Å². The molecule has 7 nitrogen and oxygen atoms in total. The lowest BCUT2D eigenvalue weighted by Gasteiger charge is -2.16. The molecule has 0 radical (unpaired) electrons. The molecule has 1 aliphatic rings. The summed E-state index contributed by atoms with van der Waals surface area (Å²) in [6, 6.07) is 1.70. The molecule has 0 saturated heterocycles. The molecule has 0 fully saturated rings. The Bertz CT molecular complexity index is 606. The molecular weight excluding hydrogens is 244 g/mol. The van der Waals surface area contributed by atoms with Crippen LogP contribution in [-0.2, 0) is 12.1 Å². The molecule has 2 aromatic rings. The van der Waals surface area contributed by atoms with Crippen LogP contribution in [0.4, 0.5) is 11.8 Å². The standard InChI is InChI=1S/C12H16N6O/c1-12(2)9-7(6-14-12)10(18-17-9)16-11-13-5-4-8(15-11)19-3/h4-5,14H,6H2,1-3H3,(H2,13,15,16,17,18). The fourth-order valence-corrected chi connectivity index (χ4v) is 2.18. The number of anilines is 2. The van der Waals surface area contributed by atoms with Gasteiger partial charge in [-0.3, -0.25) is 5.10 Å². The summed E-state index contributed by atoms with van der Waals surface area (Å²) in [6.45, 7) is 5.00. The lowest BCUT2D eigenvalue weighted by Crippen LogP contribution is -2.29. The molecule has 0 aromatic carbocycles. The number of fused-ring (bicyclic) bond motifs is 1. The molecule has 7 heteroatoms. The highest BCUT2D eigenvalue weighted by atomic mass is 16.5. The van der Waals surface area contributed by atoms with Crippen molar-refractivity contribution in [2.75, 3.05) is 12.4 Å². The van der Waals surface area contributed by atoms with Crippen LogP contribution in [0.15, 0.2) is 12.3 Å². The highest BCUT2D eigenvalue weighted by Gasteiger charge is 2.33. The van der Waals surface area contributed by atoms with Gasteiger partial charge in [-0.05, 0) is 13.8 Å². The fraction of sp³-hybridized carbons (Fsp3) is 0.417. The van der Waals surface area contributed by atoms with E-state index < -0.39 is 0 Å². The first kappa shape index (κ1) is 11.9. The van der Waals surface area contributed by atoms with Gasteiger partial charge in [0.05, 0.1) is 18.3 Å². The normalized spacial score (nSPS) is 16.2. The van der Waals surface area contributed by atoms with Gasteiger partial charge in [0.25, 0.3) is 0 Å². The molecule has 0 atom stereocenters. The molecule has 1 aliphatic heterocycles. The molecule has 3 N–H and O–H groups in total. The second kappa shape index (κ2) is 4.20. The van der Waals surface area contributed by atoms with Crippen LogP contribution in [0.25, 0.3) is 0 Å². The zero-order valence-corrected chi connectivity index (χ0v) is 11.1. The second-order valence-electron chi connectivity index (χ2n) is 4.95. The van der Waals surface area contributed by atoms with E-state index in [1.54, 1.807) is 19.4 Å². The van der Waals surface area contributed by atoms with Crippen LogP contribution in [0.2, 0.25) is 0 Å². The van der Waals surface area contributed by atoms with Gasteiger partial charge in [-0.25, -0.2) is 4.98 Å². The number of nitrogens with zero attached hydrogens (tertiary/aromatic N) is 3. The highest BCUT2D eigenvalue weighted by Crippen LogP contribution is 2.33. The first-order chi connectivity index (χ1) is 9.10. The molecule has 0 bridgehead atoms. The van der Waals surface area contributed by atoms with Gasteiger partial charge in [0.15, 0.2) is 5.82 Å². The highest BCUT2D eigenvalue weighted by molar-refractivity contribution is 5.57. The van der Waals surface area contributed by atoms with Gasteiger partial charge in [0.2, 0.25) is 11.8 Å². The molecule has 3 rings (SSSR count). The van der Waals surface area contributed by atoms with Gasteiger partial charge in [0.1, 0.15) is 0 Å². The number of aromatic nitrogens is 4. The van der Waals surface area contributed by atoms with Crippen molar-refractivity contribution in [2.45, 2.75) is 25.9 Å². The molecular formula is C12H16N6O. The molecule has 0 unspecified atom stereocenters. The Morgan fingerprint density at radius 2 is 2.26 bits per heavy atom. The van der Waals surface area contributed by atoms with E-state index in [0.717, 1.165) is 23.6 Å². The van der Waals surface area contributed by atoms with Crippen molar-refractivity contribution in [3.8, 4) is 5.88 Å². The van der Waals surface area contributed by atoms with Crippen LogP contribution in [0.1, 0.15) is 25.1 Å². The van der Waals surface area contributed by atoms with Crippen LogP contribution >= 0.6 is 0 Å². The Labute approximate surface area is 110 Å². The Hall–Kier alpha value is -2.15. The van der Waals surface area contributed by atoms with E-state index >= 15 is 0 Å². The molecule has 19 heavy (non-hydrogen) atoms. The number of hydrogen-bond acceptors (Lipinski definition) is 6. The van der Waals surface area contributed by atoms with Crippen LogP contribution in [0.3, 0.4) is 0 Å². The van der Waals surface area contributed by atoms with Gasteiger partial charge in [-0.1, -0.05) is 0 Å². The number of nitrogens with one attached hydrogen (secondary N) is 3. The van der Waals surface area contributed by atoms with Crippen molar-refractivity contribution in [3.63, 3.8) is 0 Å². The monoisotopic (exact) mass is 260 g/mol. The summed E-state index contributed by atoms with van der Waals surface area (Å²) < 4.78 is 5.07. The Morgan fingerprint density at radius 3 is 3.05 bits per heavy atom. The van der Waals surface area contributed by atoms with Gasteiger partial charge >= 0.3 is 0 Å².